The molecule has 0 aliphatic carbocycles. The number of nitrogens with one attached hydrogen (secondary N) is 3. The Bertz CT molecular complexity index is 437. The molecule has 0 saturated carbocycles. The first-order chi connectivity index (χ1) is 9.13. The smallest absolute Gasteiger partial charge is 0.279 e. The molecule has 0 bridgehead atoms. The van der Waals surface area contributed by atoms with Crippen LogP contribution in [0.5, 0.6) is 5.75 Å². The molecule has 0 fully saturated rings. The highest BCUT2D eigenvalue weighted by Gasteiger charge is 2.14. The number of hydrogen-bond donors (Lipinski definition) is 3. The topological polar surface area (TPSA) is 62.4 Å². The van der Waals surface area contributed by atoms with E-state index < -0.39 is 6.10 Å². The van der Waals surface area contributed by atoms with Crippen LogP contribution in [0.4, 0.5) is 0 Å². The molecule has 1 atom stereocenters. The number of carbonyl (C=O) groups excluding carboxylic acids is 1. The Labute approximate surface area is 118 Å². The number of thiocarbonyl (C=S) groups is 1. The van der Waals surface area contributed by atoms with Crippen LogP contribution in [-0.4, -0.2) is 23.7 Å². The molecule has 1 rings (SSSR count). The normalized spacial score (nSPS) is 11.0. The first kappa shape index (κ1) is 15.0. The molecule has 102 valence electrons. The minimum Gasteiger partial charge on any atom is -0.481 e. The van der Waals surface area contributed by atoms with Crippen LogP contribution in [0.15, 0.2) is 43.0 Å². The van der Waals surface area contributed by atoms with Crippen molar-refractivity contribution in [1.82, 2.24) is 16.2 Å². The molecule has 0 spiro atoms. The summed E-state index contributed by atoms with van der Waals surface area (Å²) in [4.78, 5) is 11.7. The third-order valence-corrected chi connectivity index (χ3v) is 2.38. The van der Waals surface area contributed by atoms with Crippen LogP contribution < -0.4 is 20.9 Å². The Balaban J connectivity index is 2.33. The van der Waals surface area contributed by atoms with Gasteiger partial charge in [-0.1, -0.05) is 24.3 Å². The lowest BCUT2D eigenvalue weighted by Crippen LogP contribution is -2.50. The molecule has 1 aromatic rings. The lowest BCUT2D eigenvalue weighted by Gasteiger charge is -2.16. The molecule has 19 heavy (non-hydrogen) atoms. The van der Waals surface area contributed by atoms with Crippen molar-refractivity contribution in [2.24, 2.45) is 0 Å². The molecule has 3 N–H and O–H groups in total. The average molecular weight is 279 g/mol. The van der Waals surface area contributed by atoms with Gasteiger partial charge in [-0.2, -0.15) is 0 Å². The lowest BCUT2D eigenvalue weighted by atomic mass is 10.3. The quantitative estimate of drug-likeness (QED) is 0.428. The highest BCUT2D eigenvalue weighted by Crippen LogP contribution is 2.10. The number of ether oxygens (including phenoxy) is 1. The van der Waals surface area contributed by atoms with Crippen molar-refractivity contribution < 1.29 is 9.53 Å². The highest BCUT2D eigenvalue weighted by atomic mass is 32.1. The molecular weight excluding hydrogens is 262 g/mol. The van der Waals surface area contributed by atoms with Crippen molar-refractivity contribution in [1.29, 1.82) is 0 Å². The molecule has 0 heterocycles. The van der Waals surface area contributed by atoms with Gasteiger partial charge in [-0.25, -0.2) is 0 Å². The second kappa shape index (κ2) is 8.10. The third kappa shape index (κ3) is 5.87. The van der Waals surface area contributed by atoms with Crippen molar-refractivity contribution in [3.05, 3.63) is 43.0 Å². The number of amides is 1. The van der Waals surface area contributed by atoms with E-state index in [1.165, 1.54) is 0 Å². The monoisotopic (exact) mass is 279 g/mol. The maximum Gasteiger partial charge on any atom is 0.279 e. The fourth-order valence-corrected chi connectivity index (χ4v) is 1.32. The first-order valence-electron chi connectivity index (χ1n) is 5.79. The van der Waals surface area contributed by atoms with Gasteiger partial charge >= 0.3 is 0 Å². The van der Waals surface area contributed by atoms with Crippen LogP contribution in [0.3, 0.4) is 0 Å². The van der Waals surface area contributed by atoms with Gasteiger partial charge in [-0.3, -0.25) is 15.6 Å². The van der Waals surface area contributed by atoms with Gasteiger partial charge in [0, 0.05) is 6.54 Å². The van der Waals surface area contributed by atoms with Crippen LogP contribution in [0, 0.1) is 0 Å². The minimum atomic E-state index is -0.628. The summed E-state index contributed by atoms with van der Waals surface area (Å²) in [7, 11) is 0. The van der Waals surface area contributed by atoms with Crippen LogP contribution in [0.1, 0.15) is 6.92 Å². The predicted molar refractivity (Wildman–Crippen MR) is 78.6 cm³/mol. The minimum absolute atomic E-state index is 0.313. The van der Waals surface area contributed by atoms with Crippen LogP contribution in [0.25, 0.3) is 0 Å². The van der Waals surface area contributed by atoms with Crippen LogP contribution >= 0.6 is 12.2 Å². The van der Waals surface area contributed by atoms with Gasteiger partial charge in [0.05, 0.1) is 0 Å². The van der Waals surface area contributed by atoms with E-state index in [-0.39, 0.29) is 5.91 Å². The fraction of sp³-hybridized carbons (Fsp3) is 0.231. The molecule has 6 heteroatoms. The number of hydrogen-bond acceptors (Lipinski definition) is 3. The summed E-state index contributed by atoms with van der Waals surface area (Å²) < 4.78 is 5.46. The largest absolute Gasteiger partial charge is 0.481 e. The Morgan fingerprint density at radius 2 is 2.11 bits per heavy atom. The molecule has 0 aliphatic heterocycles. The zero-order valence-corrected chi connectivity index (χ0v) is 11.5. The lowest BCUT2D eigenvalue weighted by molar-refractivity contribution is -0.127. The Morgan fingerprint density at radius 3 is 2.74 bits per heavy atom. The Hall–Kier alpha value is -2.08. The van der Waals surface area contributed by atoms with Crippen molar-refractivity contribution >= 4 is 23.2 Å². The average Bonchev–Trinajstić information content (AvgIpc) is 2.43. The van der Waals surface area contributed by atoms with Gasteiger partial charge in [-0.05, 0) is 31.3 Å². The van der Waals surface area contributed by atoms with Crippen LogP contribution in [-0.2, 0) is 4.79 Å². The fourth-order valence-electron chi connectivity index (χ4n) is 1.19. The summed E-state index contributed by atoms with van der Waals surface area (Å²) in [5.74, 6) is 0.323. The summed E-state index contributed by atoms with van der Waals surface area (Å²) in [6, 6.07) is 9.13. The third-order valence-electron chi connectivity index (χ3n) is 2.13. The van der Waals surface area contributed by atoms with Gasteiger partial charge in [0.25, 0.3) is 5.91 Å². The number of benzene rings is 1. The van der Waals surface area contributed by atoms with Crippen molar-refractivity contribution in [3.8, 4) is 5.75 Å². The number of para-hydroxylation sites is 1. The molecule has 1 amide bonds. The van der Waals surface area contributed by atoms with Crippen molar-refractivity contribution in [2.45, 2.75) is 13.0 Å². The van der Waals surface area contributed by atoms with E-state index in [4.69, 9.17) is 17.0 Å². The van der Waals surface area contributed by atoms with Crippen molar-refractivity contribution in [3.63, 3.8) is 0 Å². The first-order valence-corrected chi connectivity index (χ1v) is 6.20. The Morgan fingerprint density at radius 1 is 1.42 bits per heavy atom. The standard InChI is InChI=1S/C13H17N3O2S/c1-3-9-14-13(19)16-15-12(17)10(2)18-11-7-5-4-6-8-11/h3-8,10H,1,9H2,2H3,(H,15,17)(H2,14,16,19)/t10-/m0/s1. The van der Waals surface area contributed by atoms with Gasteiger partial charge in [-0.15, -0.1) is 6.58 Å². The molecule has 0 radical (unpaired) electrons. The van der Waals surface area contributed by atoms with Gasteiger partial charge in [0.2, 0.25) is 0 Å². The summed E-state index contributed by atoms with van der Waals surface area (Å²) in [6.07, 6.45) is 1.04. The predicted octanol–water partition coefficient (Wildman–Crippen LogP) is 1.14. The SMILES string of the molecule is C=CCNC(=S)NNC(=O)[C@H](C)Oc1ccccc1. The molecule has 0 saturated heterocycles. The van der Waals surface area contributed by atoms with Gasteiger partial charge in [0.1, 0.15) is 5.75 Å². The number of rotatable bonds is 5. The summed E-state index contributed by atoms with van der Waals surface area (Å²) in [5.41, 5.74) is 5.04. The maximum absolute atomic E-state index is 11.7. The van der Waals surface area contributed by atoms with E-state index in [9.17, 15) is 4.79 Å². The second-order valence-electron chi connectivity index (χ2n) is 3.69. The Kier molecular flexibility index (Phi) is 6.38. The molecule has 0 aliphatic rings. The van der Waals surface area contributed by atoms with E-state index in [2.05, 4.69) is 22.7 Å². The van der Waals surface area contributed by atoms with E-state index in [0.29, 0.717) is 17.4 Å². The summed E-state index contributed by atoms with van der Waals surface area (Å²) >= 11 is 4.93. The highest BCUT2D eigenvalue weighted by molar-refractivity contribution is 7.80. The number of carbonyl (C=O) groups is 1. The molecule has 0 unspecified atom stereocenters. The summed E-state index contributed by atoms with van der Waals surface area (Å²) in [5, 5.41) is 3.14. The van der Waals surface area contributed by atoms with Crippen molar-refractivity contribution in [2.75, 3.05) is 6.54 Å². The molecular formula is C13H17N3O2S. The second-order valence-corrected chi connectivity index (χ2v) is 4.09. The van der Waals surface area contributed by atoms with E-state index in [1.54, 1.807) is 25.1 Å². The zero-order chi connectivity index (χ0) is 14.1. The zero-order valence-electron chi connectivity index (χ0n) is 10.7. The summed E-state index contributed by atoms with van der Waals surface area (Å²) in [6.45, 7) is 5.73. The van der Waals surface area contributed by atoms with Gasteiger partial charge in [0.15, 0.2) is 11.2 Å². The van der Waals surface area contributed by atoms with E-state index in [1.807, 2.05) is 18.2 Å². The molecule has 1 aromatic carbocycles. The maximum atomic E-state index is 11.7. The number of hydrazine groups is 1. The van der Waals surface area contributed by atoms with Crippen LogP contribution in [0.2, 0.25) is 0 Å². The van der Waals surface area contributed by atoms with E-state index in [0.717, 1.165) is 0 Å². The van der Waals surface area contributed by atoms with Gasteiger partial charge < -0.3 is 10.1 Å². The molecule has 5 nitrogen and oxygen atoms in total. The molecule has 0 aromatic heterocycles. The van der Waals surface area contributed by atoms with E-state index >= 15 is 0 Å².